The molecule has 0 bridgehead atoms. The van der Waals surface area contributed by atoms with Crippen LogP contribution in [0.25, 0.3) is 5.69 Å². The summed E-state index contributed by atoms with van der Waals surface area (Å²) in [6.07, 6.45) is -0.965. The van der Waals surface area contributed by atoms with Crippen LogP contribution in [-0.4, -0.2) is 38.2 Å². The maximum absolute atomic E-state index is 13.1. The van der Waals surface area contributed by atoms with Crippen molar-refractivity contribution in [1.82, 2.24) is 14.7 Å². The van der Waals surface area contributed by atoms with Gasteiger partial charge in [0.25, 0.3) is 0 Å². The Morgan fingerprint density at radius 3 is 2.38 bits per heavy atom. The zero-order valence-electron chi connectivity index (χ0n) is 18.0. The number of rotatable bonds is 3. The molecule has 0 radical (unpaired) electrons. The summed E-state index contributed by atoms with van der Waals surface area (Å²) < 4.78 is 18.5. The Labute approximate surface area is 170 Å². The molecule has 0 aliphatic carbocycles. The van der Waals surface area contributed by atoms with E-state index in [1.54, 1.807) is 46.8 Å². The molecule has 1 saturated heterocycles. The third kappa shape index (κ3) is 4.22. The number of benzene rings is 1. The summed E-state index contributed by atoms with van der Waals surface area (Å²) >= 11 is 0. The number of carbonyl (C=O) groups is 1. The lowest BCUT2D eigenvalue weighted by atomic mass is 9.99. The van der Waals surface area contributed by atoms with Gasteiger partial charge in [0, 0.05) is 0 Å². The van der Waals surface area contributed by atoms with Crippen molar-refractivity contribution in [1.29, 1.82) is 0 Å². The van der Waals surface area contributed by atoms with Crippen LogP contribution in [0.4, 0.5) is 4.79 Å². The molecule has 1 aromatic heterocycles. The summed E-state index contributed by atoms with van der Waals surface area (Å²) in [4.78, 5) is 27.0. The van der Waals surface area contributed by atoms with Crippen LogP contribution < -0.4 is 5.76 Å². The zero-order valence-corrected chi connectivity index (χ0v) is 18.0. The highest BCUT2D eigenvalue weighted by molar-refractivity contribution is 5.70. The first kappa shape index (κ1) is 21.1. The van der Waals surface area contributed by atoms with Crippen molar-refractivity contribution in [3.8, 4) is 5.69 Å². The number of carbonyl (C=O) groups excluding carboxylic acids is 1. The van der Waals surface area contributed by atoms with Crippen LogP contribution in [0.15, 0.2) is 39.5 Å². The number of hydrogen-bond acceptors (Lipinski definition) is 6. The predicted octanol–water partition coefficient (Wildman–Crippen LogP) is 3.89. The van der Waals surface area contributed by atoms with Gasteiger partial charge in [0.15, 0.2) is 0 Å². The van der Waals surface area contributed by atoms with Gasteiger partial charge >= 0.3 is 11.8 Å². The third-order valence-electron chi connectivity index (χ3n) is 4.66. The molecular weight excluding hydrogens is 374 g/mol. The molecule has 2 atom stereocenters. The molecular formula is C21H29N3O5. The monoisotopic (exact) mass is 403 g/mol. The van der Waals surface area contributed by atoms with Crippen LogP contribution in [0.1, 0.15) is 60.4 Å². The van der Waals surface area contributed by atoms with Crippen molar-refractivity contribution < 1.29 is 18.7 Å². The average Bonchev–Trinajstić information content (AvgIpc) is 3.11. The van der Waals surface area contributed by atoms with Gasteiger partial charge in [-0.25, -0.2) is 9.59 Å². The van der Waals surface area contributed by atoms with Crippen molar-refractivity contribution >= 4 is 6.09 Å². The molecule has 29 heavy (non-hydrogen) atoms. The quantitative estimate of drug-likeness (QED) is 0.773. The summed E-state index contributed by atoms with van der Waals surface area (Å²) in [5.41, 5.74) is -1.06. The van der Waals surface area contributed by atoms with Gasteiger partial charge in [-0.05, 0) is 52.7 Å². The third-order valence-corrected chi connectivity index (χ3v) is 4.66. The van der Waals surface area contributed by atoms with E-state index in [-0.39, 0.29) is 11.8 Å². The van der Waals surface area contributed by atoms with Crippen molar-refractivity contribution in [2.45, 2.75) is 71.9 Å². The Morgan fingerprint density at radius 1 is 1.21 bits per heavy atom. The van der Waals surface area contributed by atoms with Crippen molar-refractivity contribution in [3.05, 3.63) is 46.8 Å². The van der Waals surface area contributed by atoms with Crippen molar-refractivity contribution in [2.24, 2.45) is 5.92 Å². The van der Waals surface area contributed by atoms with Crippen LogP contribution in [0.3, 0.4) is 0 Å². The van der Waals surface area contributed by atoms with Gasteiger partial charge in [-0.3, -0.25) is 4.90 Å². The fourth-order valence-corrected chi connectivity index (χ4v) is 3.48. The van der Waals surface area contributed by atoms with Crippen molar-refractivity contribution in [2.75, 3.05) is 0 Å². The first-order valence-corrected chi connectivity index (χ1v) is 9.76. The van der Waals surface area contributed by atoms with Crippen LogP contribution in [0.2, 0.25) is 0 Å². The van der Waals surface area contributed by atoms with E-state index in [1.165, 1.54) is 9.58 Å². The van der Waals surface area contributed by atoms with E-state index < -0.39 is 35.3 Å². The van der Waals surface area contributed by atoms with E-state index in [2.05, 4.69) is 5.10 Å². The van der Waals surface area contributed by atoms with Gasteiger partial charge in [-0.15, -0.1) is 5.10 Å². The number of hydrogen-bond donors (Lipinski definition) is 0. The number of aromatic nitrogens is 2. The number of amides is 1. The molecule has 0 spiro atoms. The lowest BCUT2D eigenvalue weighted by Crippen LogP contribution is -2.47. The first-order valence-electron chi connectivity index (χ1n) is 9.76. The number of para-hydroxylation sites is 1. The van der Waals surface area contributed by atoms with E-state index in [9.17, 15) is 9.59 Å². The van der Waals surface area contributed by atoms with E-state index in [1.807, 2.05) is 32.0 Å². The summed E-state index contributed by atoms with van der Waals surface area (Å²) in [7, 11) is 0. The second-order valence-electron chi connectivity index (χ2n) is 9.02. The molecule has 0 N–H and O–H groups in total. The van der Waals surface area contributed by atoms with Gasteiger partial charge in [0.05, 0.1) is 11.8 Å². The minimum absolute atomic E-state index is 0.0406. The largest absolute Gasteiger partial charge is 0.444 e. The second kappa shape index (κ2) is 7.33. The number of nitrogens with zero attached hydrogens (tertiary/aromatic N) is 3. The summed E-state index contributed by atoms with van der Waals surface area (Å²) in [5, 5.41) is 4.40. The van der Waals surface area contributed by atoms with E-state index in [0.29, 0.717) is 5.69 Å². The normalized spacial score (nSPS) is 21.6. The Balaban J connectivity index is 2.07. The lowest BCUT2D eigenvalue weighted by Gasteiger charge is -2.34. The summed E-state index contributed by atoms with van der Waals surface area (Å²) in [6.45, 7) is 12.9. The molecule has 0 unspecified atom stereocenters. The summed E-state index contributed by atoms with van der Waals surface area (Å²) in [5.74, 6) is -0.463. The molecule has 8 heteroatoms. The number of ether oxygens (including phenoxy) is 2. The highest BCUT2D eigenvalue weighted by atomic mass is 16.6. The maximum atomic E-state index is 13.1. The smallest absolute Gasteiger partial charge is 0.442 e. The van der Waals surface area contributed by atoms with E-state index in [4.69, 9.17) is 13.9 Å². The molecule has 1 fully saturated rings. The topological polar surface area (TPSA) is 86.8 Å². The molecule has 158 valence electrons. The maximum Gasteiger partial charge on any atom is 0.442 e. The minimum atomic E-state index is -0.961. The van der Waals surface area contributed by atoms with E-state index in [0.717, 1.165) is 0 Å². The summed E-state index contributed by atoms with van der Waals surface area (Å²) in [6, 6.07) is 8.28. The molecule has 1 aromatic carbocycles. The standard InChI is InChI=1S/C21H29N3O5/c1-13(2)16-15(23(21(6,7)28-16)18(25)29-20(3,4)5)17-22-24(19(26)27-17)14-11-9-8-10-12-14/h8-13,15-16H,1-7H3/t15-,16+/m0/s1. The van der Waals surface area contributed by atoms with Crippen LogP contribution in [-0.2, 0) is 9.47 Å². The van der Waals surface area contributed by atoms with Gasteiger partial charge < -0.3 is 13.9 Å². The zero-order chi connectivity index (χ0) is 21.6. The predicted molar refractivity (Wildman–Crippen MR) is 107 cm³/mol. The molecule has 1 aliphatic heterocycles. The van der Waals surface area contributed by atoms with Gasteiger partial charge in [-0.1, -0.05) is 32.0 Å². The minimum Gasteiger partial charge on any atom is -0.444 e. The van der Waals surface area contributed by atoms with Gasteiger partial charge in [0.1, 0.15) is 17.4 Å². The van der Waals surface area contributed by atoms with Crippen molar-refractivity contribution in [3.63, 3.8) is 0 Å². The fraction of sp³-hybridized carbons (Fsp3) is 0.571. The fourth-order valence-electron chi connectivity index (χ4n) is 3.48. The highest BCUT2D eigenvalue weighted by Gasteiger charge is 2.55. The lowest BCUT2D eigenvalue weighted by molar-refractivity contribution is -0.0864. The van der Waals surface area contributed by atoms with Crippen LogP contribution >= 0.6 is 0 Å². The van der Waals surface area contributed by atoms with Crippen LogP contribution in [0.5, 0.6) is 0 Å². The second-order valence-corrected chi connectivity index (χ2v) is 9.02. The van der Waals surface area contributed by atoms with Gasteiger partial charge in [0.2, 0.25) is 5.89 Å². The van der Waals surface area contributed by atoms with E-state index >= 15 is 0 Å². The molecule has 1 amide bonds. The Hall–Kier alpha value is -2.61. The van der Waals surface area contributed by atoms with Gasteiger partial charge in [-0.2, -0.15) is 4.68 Å². The SMILES string of the molecule is CC(C)[C@H]1OC(C)(C)N(C(=O)OC(C)(C)C)[C@@H]1c1nn(-c2ccccc2)c(=O)o1. The molecule has 1 aliphatic rings. The average molecular weight is 403 g/mol. The molecule has 0 saturated carbocycles. The Bertz CT molecular complexity index is 924. The molecule has 2 aromatic rings. The molecule has 2 heterocycles. The Morgan fingerprint density at radius 2 is 1.83 bits per heavy atom. The van der Waals surface area contributed by atoms with Crippen LogP contribution in [0, 0.1) is 5.92 Å². The highest BCUT2D eigenvalue weighted by Crippen LogP contribution is 2.44. The molecule has 3 rings (SSSR count). The first-order chi connectivity index (χ1) is 13.4. The Kier molecular flexibility index (Phi) is 5.34. The molecule has 8 nitrogen and oxygen atoms in total.